The molecular weight excluding hydrogens is 266 g/mol. The molecule has 1 N–H and O–H groups in total. The van der Waals surface area contributed by atoms with Gasteiger partial charge in [0.05, 0.1) is 11.8 Å². The standard InChI is InChI=1S/C17H23NO3/c1-10-5-11(2)7-13(6-10)18(4)16(19)14-8-12(3)9-15(14)17(20)21/h5-7,12,14-15H,8-9H2,1-4H3,(H,20,21)/t12?,14-,15+/m0/s1. The Balaban J connectivity index is 2.24. The third kappa shape index (κ3) is 3.26. The van der Waals surface area contributed by atoms with Crippen LogP contribution in [0, 0.1) is 31.6 Å². The molecule has 21 heavy (non-hydrogen) atoms. The van der Waals surface area contributed by atoms with Crippen LogP contribution in [0.4, 0.5) is 5.69 Å². The molecule has 4 heteroatoms. The SMILES string of the molecule is Cc1cc(C)cc(N(C)C(=O)[C@H]2CC(C)C[C@H]2C(=O)O)c1. The third-order valence-electron chi connectivity index (χ3n) is 4.36. The average molecular weight is 289 g/mol. The lowest BCUT2D eigenvalue weighted by Crippen LogP contribution is -2.36. The first-order valence-corrected chi connectivity index (χ1v) is 7.38. The predicted octanol–water partition coefficient (Wildman–Crippen LogP) is 3.01. The third-order valence-corrected chi connectivity index (χ3v) is 4.36. The quantitative estimate of drug-likeness (QED) is 0.930. The van der Waals surface area contributed by atoms with Gasteiger partial charge in [0.1, 0.15) is 0 Å². The minimum absolute atomic E-state index is 0.0863. The van der Waals surface area contributed by atoms with Gasteiger partial charge in [-0.15, -0.1) is 0 Å². The van der Waals surface area contributed by atoms with E-state index in [2.05, 4.69) is 6.07 Å². The van der Waals surface area contributed by atoms with Gasteiger partial charge in [0.15, 0.2) is 0 Å². The Morgan fingerprint density at radius 1 is 1.10 bits per heavy atom. The summed E-state index contributed by atoms with van der Waals surface area (Å²) >= 11 is 0. The summed E-state index contributed by atoms with van der Waals surface area (Å²) in [6, 6.07) is 5.97. The topological polar surface area (TPSA) is 57.6 Å². The van der Waals surface area contributed by atoms with E-state index in [4.69, 9.17) is 0 Å². The molecule has 1 aromatic rings. The fourth-order valence-electron chi connectivity index (χ4n) is 3.36. The second kappa shape index (κ2) is 5.88. The van der Waals surface area contributed by atoms with E-state index in [1.807, 2.05) is 32.9 Å². The van der Waals surface area contributed by atoms with Crippen molar-refractivity contribution in [1.82, 2.24) is 0 Å². The summed E-state index contributed by atoms with van der Waals surface area (Å²) in [5, 5.41) is 9.32. The van der Waals surface area contributed by atoms with Crippen LogP contribution in [-0.2, 0) is 9.59 Å². The second-order valence-electron chi connectivity index (χ2n) is 6.37. The molecule has 1 aliphatic carbocycles. The largest absolute Gasteiger partial charge is 0.481 e. The summed E-state index contributed by atoms with van der Waals surface area (Å²) in [6.45, 7) is 6.00. The van der Waals surface area contributed by atoms with Crippen LogP contribution >= 0.6 is 0 Å². The lowest BCUT2D eigenvalue weighted by molar-refractivity contribution is -0.145. The molecule has 0 spiro atoms. The number of anilines is 1. The normalized spacial score (nSPS) is 24.9. The first kappa shape index (κ1) is 15.5. The van der Waals surface area contributed by atoms with Crippen molar-refractivity contribution in [2.75, 3.05) is 11.9 Å². The number of carbonyl (C=O) groups excluding carboxylic acids is 1. The lowest BCUT2D eigenvalue weighted by Gasteiger charge is -2.24. The summed E-state index contributed by atoms with van der Waals surface area (Å²) in [5.41, 5.74) is 3.03. The average Bonchev–Trinajstić information content (AvgIpc) is 2.78. The van der Waals surface area contributed by atoms with E-state index in [0.29, 0.717) is 12.8 Å². The van der Waals surface area contributed by atoms with Crippen molar-refractivity contribution in [2.45, 2.75) is 33.6 Å². The van der Waals surface area contributed by atoms with E-state index >= 15 is 0 Å². The number of nitrogens with zero attached hydrogens (tertiary/aromatic N) is 1. The maximum Gasteiger partial charge on any atom is 0.307 e. The Morgan fingerprint density at radius 3 is 2.14 bits per heavy atom. The van der Waals surface area contributed by atoms with E-state index in [0.717, 1.165) is 16.8 Å². The fraction of sp³-hybridized carbons (Fsp3) is 0.529. The minimum atomic E-state index is -0.855. The number of carboxylic acid groups (broad SMARTS) is 1. The van der Waals surface area contributed by atoms with E-state index in [9.17, 15) is 14.7 Å². The van der Waals surface area contributed by atoms with Gasteiger partial charge in [0, 0.05) is 12.7 Å². The molecule has 1 fully saturated rings. The summed E-state index contributed by atoms with van der Waals surface area (Å²) in [5.74, 6) is -1.62. The van der Waals surface area contributed by atoms with Gasteiger partial charge in [-0.25, -0.2) is 0 Å². The van der Waals surface area contributed by atoms with Crippen molar-refractivity contribution in [2.24, 2.45) is 17.8 Å². The van der Waals surface area contributed by atoms with Gasteiger partial charge in [0.25, 0.3) is 0 Å². The van der Waals surface area contributed by atoms with Crippen molar-refractivity contribution in [3.05, 3.63) is 29.3 Å². The van der Waals surface area contributed by atoms with Crippen molar-refractivity contribution < 1.29 is 14.7 Å². The Hall–Kier alpha value is -1.84. The number of rotatable bonds is 3. The van der Waals surface area contributed by atoms with E-state index in [1.54, 1.807) is 11.9 Å². The van der Waals surface area contributed by atoms with Gasteiger partial charge < -0.3 is 10.0 Å². The molecule has 0 radical (unpaired) electrons. The summed E-state index contributed by atoms with van der Waals surface area (Å²) < 4.78 is 0. The number of carboxylic acids is 1. The van der Waals surface area contributed by atoms with Gasteiger partial charge in [-0.2, -0.15) is 0 Å². The molecule has 1 aromatic carbocycles. The molecule has 3 atom stereocenters. The van der Waals surface area contributed by atoms with Crippen LogP contribution in [-0.4, -0.2) is 24.0 Å². The zero-order chi connectivity index (χ0) is 15.7. The smallest absolute Gasteiger partial charge is 0.307 e. The molecule has 0 heterocycles. The predicted molar refractivity (Wildman–Crippen MR) is 82.3 cm³/mol. The number of hydrogen-bond donors (Lipinski definition) is 1. The lowest BCUT2D eigenvalue weighted by atomic mass is 9.94. The maximum absolute atomic E-state index is 12.7. The molecule has 4 nitrogen and oxygen atoms in total. The van der Waals surface area contributed by atoms with Gasteiger partial charge in [0.2, 0.25) is 5.91 Å². The number of hydrogen-bond acceptors (Lipinski definition) is 2. The van der Waals surface area contributed by atoms with Gasteiger partial charge in [-0.05, 0) is 55.9 Å². The highest BCUT2D eigenvalue weighted by Gasteiger charge is 2.42. The first-order chi connectivity index (χ1) is 9.79. The van der Waals surface area contributed by atoms with E-state index in [1.165, 1.54) is 0 Å². The molecule has 1 unspecified atom stereocenters. The van der Waals surface area contributed by atoms with Crippen LogP contribution in [0.5, 0.6) is 0 Å². The first-order valence-electron chi connectivity index (χ1n) is 7.38. The molecule has 0 saturated heterocycles. The van der Waals surface area contributed by atoms with Gasteiger partial charge in [-0.1, -0.05) is 13.0 Å². The Morgan fingerprint density at radius 2 is 1.62 bits per heavy atom. The number of carbonyl (C=O) groups is 2. The Labute approximate surface area is 125 Å². The van der Waals surface area contributed by atoms with Crippen LogP contribution in [0.1, 0.15) is 30.9 Å². The van der Waals surface area contributed by atoms with Crippen LogP contribution < -0.4 is 4.90 Å². The van der Waals surface area contributed by atoms with Crippen molar-refractivity contribution in [3.8, 4) is 0 Å². The highest BCUT2D eigenvalue weighted by molar-refractivity contribution is 5.97. The summed E-state index contributed by atoms with van der Waals surface area (Å²) in [4.78, 5) is 25.7. The Kier molecular flexibility index (Phi) is 4.35. The van der Waals surface area contributed by atoms with E-state index in [-0.39, 0.29) is 11.8 Å². The van der Waals surface area contributed by atoms with Crippen molar-refractivity contribution in [3.63, 3.8) is 0 Å². The second-order valence-corrected chi connectivity index (χ2v) is 6.37. The highest BCUT2D eigenvalue weighted by atomic mass is 16.4. The molecule has 1 saturated carbocycles. The summed E-state index contributed by atoms with van der Waals surface area (Å²) in [6.07, 6.45) is 1.25. The molecule has 1 amide bonds. The molecule has 0 aliphatic heterocycles. The maximum atomic E-state index is 12.7. The zero-order valence-electron chi connectivity index (χ0n) is 13.1. The van der Waals surface area contributed by atoms with Crippen LogP contribution in [0.25, 0.3) is 0 Å². The summed E-state index contributed by atoms with van der Waals surface area (Å²) in [7, 11) is 1.73. The minimum Gasteiger partial charge on any atom is -0.481 e. The molecule has 0 bridgehead atoms. The number of benzene rings is 1. The fourth-order valence-corrected chi connectivity index (χ4v) is 3.36. The monoisotopic (exact) mass is 289 g/mol. The number of aliphatic carboxylic acids is 1. The Bertz CT molecular complexity index is 547. The van der Waals surface area contributed by atoms with Crippen LogP contribution in [0.3, 0.4) is 0 Å². The molecule has 2 rings (SSSR count). The van der Waals surface area contributed by atoms with Gasteiger partial charge in [-0.3, -0.25) is 9.59 Å². The highest BCUT2D eigenvalue weighted by Crippen LogP contribution is 2.38. The molecule has 1 aliphatic rings. The van der Waals surface area contributed by atoms with Gasteiger partial charge >= 0.3 is 5.97 Å². The molecular formula is C17H23NO3. The number of aryl methyl sites for hydroxylation is 2. The van der Waals surface area contributed by atoms with E-state index < -0.39 is 17.8 Å². The molecule has 114 valence electrons. The number of amides is 1. The van der Waals surface area contributed by atoms with Crippen LogP contribution in [0.2, 0.25) is 0 Å². The molecule has 0 aromatic heterocycles. The van der Waals surface area contributed by atoms with Crippen molar-refractivity contribution >= 4 is 17.6 Å². The van der Waals surface area contributed by atoms with Crippen molar-refractivity contribution in [1.29, 1.82) is 0 Å². The zero-order valence-corrected chi connectivity index (χ0v) is 13.1. The van der Waals surface area contributed by atoms with Crippen LogP contribution in [0.15, 0.2) is 18.2 Å².